The second-order valence-corrected chi connectivity index (χ2v) is 5.69. The zero-order chi connectivity index (χ0) is 13.8. The van der Waals surface area contributed by atoms with Crippen molar-refractivity contribution in [3.05, 3.63) is 35.9 Å². The van der Waals surface area contributed by atoms with E-state index in [-0.39, 0.29) is 0 Å². The van der Waals surface area contributed by atoms with Crippen LogP contribution in [0.5, 0.6) is 0 Å². The molecule has 1 rings (SSSR count). The van der Waals surface area contributed by atoms with Gasteiger partial charge in [0.1, 0.15) is 0 Å². The largest absolute Gasteiger partial charge is 0.328 e. The van der Waals surface area contributed by atoms with Crippen molar-refractivity contribution in [2.75, 3.05) is 0 Å². The summed E-state index contributed by atoms with van der Waals surface area (Å²) in [5.41, 5.74) is 7.49. The summed E-state index contributed by atoms with van der Waals surface area (Å²) in [5.74, 6) is 0. The van der Waals surface area contributed by atoms with Gasteiger partial charge in [-0.3, -0.25) is 0 Å². The van der Waals surface area contributed by atoms with Gasteiger partial charge in [0.25, 0.3) is 0 Å². The number of aryl methyl sites for hydroxylation is 1. The van der Waals surface area contributed by atoms with E-state index in [9.17, 15) is 0 Å². The lowest BCUT2D eigenvalue weighted by Crippen LogP contribution is -2.18. The topological polar surface area (TPSA) is 26.0 Å². The summed E-state index contributed by atoms with van der Waals surface area (Å²) in [6.45, 7) is 2.21. The normalized spacial score (nSPS) is 12.5. The Bertz CT molecular complexity index is 294. The monoisotopic (exact) mass is 261 g/mol. The molecule has 1 unspecified atom stereocenters. The van der Waals surface area contributed by atoms with Crippen molar-refractivity contribution in [3.63, 3.8) is 0 Å². The lowest BCUT2D eigenvalue weighted by Gasteiger charge is -2.09. The molecule has 0 saturated carbocycles. The van der Waals surface area contributed by atoms with Crippen molar-refractivity contribution in [2.45, 2.75) is 77.2 Å². The average molecular weight is 261 g/mol. The van der Waals surface area contributed by atoms with Gasteiger partial charge in [0.05, 0.1) is 0 Å². The van der Waals surface area contributed by atoms with Crippen LogP contribution in [0.1, 0.15) is 70.3 Å². The molecule has 1 nitrogen and oxygen atoms in total. The highest BCUT2D eigenvalue weighted by Gasteiger charge is 2.00. The standard InChI is InChI=1S/C18H31N/c1-2-12-18(19)16-11-6-4-3-5-8-13-17-14-9-7-10-15-17/h7,9-10,14-15,18H,2-6,8,11-13,16,19H2,1H3. The molecule has 1 heteroatoms. The van der Waals surface area contributed by atoms with Gasteiger partial charge in [-0.1, -0.05) is 75.8 Å². The van der Waals surface area contributed by atoms with E-state index in [4.69, 9.17) is 5.73 Å². The van der Waals surface area contributed by atoms with Crippen LogP contribution in [-0.4, -0.2) is 6.04 Å². The van der Waals surface area contributed by atoms with Crippen molar-refractivity contribution in [1.82, 2.24) is 0 Å². The quantitative estimate of drug-likeness (QED) is 0.552. The van der Waals surface area contributed by atoms with E-state index < -0.39 is 0 Å². The van der Waals surface area contributed by atoms with Gasteiger partial charge in [-0.15, -0.1) is 0 Å². The van der Waals surface area contributed by atoms with Crippen LogP contribution in [0.3, 0.4) is 0 Å². The van der Waals surface area contributed by atoms with Crippen molar-refractivity contribution in [1.29, 1.82) is 0 Å². The van der Waals surface area contributed by atoms with Crippen LogP contribution in [0.25, 0.3) is 0 Å². The molecule has 19 heavy (non-hydrogen) atoms. The van der Waals surface area contributed by atoms with E-state index in [1.54, 1.807) is 0 Å². The van der Waals surface area contributed by atoms with Crippen LogP contribution in [-0.2, 0) is 6.42 Å². The molecule has 0 heterocycles. The van der Waals surface area contributed by atoms with E-state index in [2.05, 4.69) is 37.3 Å². The second-order valence-electron chi connectivity index (χ2n) is 5.69. The first-order chi connectivity index (χ1) is 9.33. The first-order valence-electron chi connectivity index (χ1n) is 8.12. The molecule has 1 atom stereocenters. The summed E-state index contributed by atoms with van der Waals surface area (Å²) >= 11 is 0. The van der Waals surface area contributed by atoms with Crippen molar-refractivity contribution in [2.24, 2.45) is 5.73 Å². The van der Waals surface area contributed by atoms with Crippen LogP contribution >= 0.6 is 0 Å². The molecule has 2 N–H and O–H groups in total. The van der Waals surface area contributed by atoms with E-state index in [0.717, 1.165) is 0 Å². The van der Waals surface area contributed by atoms with E-state index in [0.29, 0.717) is 6.04 Å². The van der Waals surface area contributed by atoms with Crippen molar-refractivity contribution < 1.29 is 0 Å². The number of hydrogen-bond acceptors (Lipinski definition) is 1. The Labute approximate surface area is 119 Å². The Kier molecular flexibility index (Phi) is 9.44. The van der Waals surface area contributed by atoms with Crippen LogP contribution in [0, 0.1) is 0 Å². The summed E-state index contributed by atoms with van der Waals surface area (Å²) in [5, 5.41) is 0. The van der Waals surface area contributed by atoms with Gasteiger partial charge in [0.2, 0.25) is 0 Å². The molecule has 0 radical (unpaired) electrons. The molecular weight excluding hydrogens is 230 g/mol. The van der Waals surface area contributed by atoms with Crippen LogP contribution < -0.4 is 5.73 Å². The molecular formula is C18H31N. The highest BCUT2D eigenvalue weighted by atomic mass is 14.6. The minimum atomic E-state index is 0.447. The Morgan fingerprint density at radius 2 is 1.47 bits per heavy atom. The average Bonchev–Trinajstić information content (AvgIpc) is 2.43. The molecule has 0 bridgehead atoms. The van der Waals surface area contributed by atoms with Gasteiger partial charge < -0.3 is 5.73 Å². The molecule has 0 fully saturated rings. The van der Waals surface area contributed by atoms with E-state index in [1.165, 1.54) is 69.8 Å². The molecule has 0 aliphatic carbocycles. The summed E-state index contributed by atoms with van der Waals surface area (Å²) in [7, 11) is 0. The number of hydrogen-bond donors (Lipinski definition) is 1. The molecule has 0 aromatic heterocycles. The molecule has 0 aliphatic heterocycles. The maximum absolute atomic E-state index is 6.01. The number of benzene rings is 1. The summed E-state index contributed by atoms with van der Waals surface area (Å²) in [6.07, 6.45) is 13.0. The maximum atomic E-state index is 6.01. The second kappa shape index (κ2) is 11.0. The van der Waals surface area contributed by atoms with Gasteiger partial charge in [-0.2, -0.15) is 0 Å². The number of rotatable bonds is 11. The fraction of sp³-hybridized carbons (Fsp3) is 0.667. The predicted octanol–water partition coefficient (Wildman–Crippen LogP) is 5.09. The fourth-order valence-corrected chi connectivity index (χ4v) is 2.60. The van der Waals surface area contributed by atoms with Gasteiger partial charge in [0.15, 0.2) is 0 Å². The summed E-state index contributed by atoms with van der Waals surface area (Å²) < 4.78 is 0. The first kappa shape index (κ1) is 16.2. The van der Waals surface area contributed by atoms with E-state index >= 15 is 0 Å². The third-order valence-corrected chi connectivity index (χ3v) is 3.79. The molecule has 0 amide bonds. The third-order valence-electron chi connectivity index (χ3n) is 3.79. The zero-order valence-corrected chi connectivity index (χ0v) is 12.6. The summed E-state index contributed by atoms with van der Waals surface area (Å²) in [6, 6.07) is 11.3. The first-order valence-corrected chi connectivity index (χ1v) is 8.12. The molecule has 0 aliphatic rings. The van der Waals surface area contributed by atoms with Gasteiger partial charge in [-0.25, -0.2) is 0 Å². The highest BCUT2D eigenvalue weighted by Crippen LogP contribution is 2.12. The molecule has 0 spiro atoms. The van der Waals surface area contributed by atoms with Crippen molar-refractivity contribution >= 4 is 0 Å². The Balaban J connectivity index is 1.86. The lowest BCUT2D eigenvalue weighted by molar-refractivity contribution is 0.507. The van der Waals surface area contributed by atoms with E-state index in [1.807, 2.05) is 0 Å². The van der Waals surface area contributed by atoms with Gasteiger partial charge in [-0.05, 0) is 31.2 Å². The van der Waals surface area contributed by atoms with Crippen LogP contribution in [0.15, 0.2) is 30.3 Å². The molecule has 1 aromatic rings. The zero-order valence-electron chi connectivity index (χ0n) is 12.6. The SMILES string of the molecule is CCCC(N)CCCCCCCCc1ccccc1. The van der Waals surface area contributed by atoms with Crippen LogP contribution in [0.4, 0.5) is 0 Å². The highest BCUT2D eigenvalue weighted by molar-refractivity contribution is 5.14. The predicted molar refractivity (Wildman–Crippen MR) is 85.3 cm³/mol. The Morgan fingerprint density at radius 3 is 2.16 bits per heavy atom. The summed E-state index contributed by atoms with van der Waals surface area (Å²) in [4.78, 5) is 0. The van der Waals surface area contributed by atoms with Crippen molar-refractivity contribution in [3.8, 4) is 0 Å². The minimum absolute atomic E-state index is 0.447. The smallest absolute Gasteiger partial charge is 0.00387 e. The van der Waals surface area contributed by atoms with Gasteiger partial charge >= 0.3 is 0 Å². The minimum Gasteiger partial charge on any atom is -0.328 e. The lowest BCUT2D eigenvalue weighted by atomic mass is 10.0. The number of unbranched alkanes of at least 4 members (excludes halogenated alkanes) is 5. The van der Waals surface area contributed by atoms with Crippen LogP contribution in [0.2, 0.25) is 0 Å². The number of nitrogens with two attached hydrogens (primary N) is 1. The maximum Gasteiger partial charge on any atom is 0.00387 e. The molecule has 108 valence electrons. The fourth-order valence-electron chi connectivity index (χ4n) is 2.60. The molecule has 0 saturated heterocycles. The molecule has 1 aromatic carbocycles. The Morgan fingerprint density at radius 1 is 0.842 bits per heavy atom. The third kappa shape index (κ3) is 8.83. The van der Waals surface area contributed by atoms with Gasteiger partial charge in [0, 0.05) is 6.04 Å². The Hall–Kier alpha value is -0.820.